The summed E-state index contributed by atoms with van der Waals surface area (Å²) in [5.74, 6) is 0. The summed E-state index contributed by atoms with van der Waals surface area (Å²) in [6.45, 7) is 5.31. The van der Waals surface area contributed by atoms with Gasteiger partial charge in [-0.05, 0) is 32.0 Å². The van der Waals surface area contributed by atoms with Gasteiger partial charge in [0.1, 0.15) is 0 Å². The predicted molar refractivity (Wildman–Crippen MR) is 80.3 cm³/mol. The van der Waals surface area contributed by atoms with E-state index in [2.05, 4.69) is 4.98 Å². The minimum Gasteiger partial charge on any atom is -0.330 e. The highest BCUT2D eigenvalue weighted by molar-refractivity contribution is 7.86. The Balaban J connectivity index is 2.84. The van der Waals surface area contributed by atoms with Gasteiger partial charge in [0, 0.05) is 25.8 Å². The molecule has 0 saturated heterocycles. The van der Waals surface area contributed by atoms with Crippen LogP contribution in [0.3, 0.4) is 0 Å². The van der Waals surface area contributed by atoms with E-state index in [-0.39, 0.29) is 6.54 Å². The molecule has 0 fully saturated rings. The molecular formula is C13H24N4O2S. The molecule has 1 aromatic rings. The number of aromatic nitrogens is 1. The van der Waals surface area contributed by atoms with Crippen molar-refractivity contribution in [2.45, 2.75) is 26.8 Å². The third-order valence-corrected chi connectivity index (χ3v) is 5.04. The van der Waals surface area contributed by atoms with Crippen molar-refractivity contribution in [2.75, 3.05) is 26.7 Å². The van der Waals surface area contributed by atoms with Crippen molar-refractivity contribution in [2.24, 2.45) is 5.73 Å². The molecule has 1 heterocycles. The number of hydrogen-bond acceptors (Lipinski definition) is 4. The summed E-state index contributed by atoms with van der Waals surface area (Å²) in [4.78, 5) is 4.35. The second kappa shape index (κ2) is 7.68. The highest BCUT2D eigenvalue weighted by Crippen LogP contribution is 2.11. The van der Waals surface area contributed by atoms with E-state index in [0.29, 0.717) is 26.1 Å². The molecule has 0 radical (unpaired) electrons. The Morgan fingerprint density at radius 3 is 2.60 bits per heavy atom. The van der Waals surface area contributed by atoms with Crippen molar-refractivity contribution in [3.05, 3.63) is 29.6 Å². The van der Waals surface area contributed by atoms with Crippen molar-refractivity contribution in [3.63, 3.8) is 0 Å². The van der Waals surface area contributed by atoms with Gasteiger partial charge in [-0.3, -0.25) is 4.98 Å². The summed E-state index contributed by atoms with van der Waals surface area (Å²) in [6, 6.07) is 5.61. The molecule has 2 N–H and O–H groups in total. The quantitative estimate of drug-likeness (QED) is 0.768. The molecule has 1 aromatic heterocycles. The third-order valence-electron chi connectivity index (χ3n) is 3.03. The van der Waals surface area contributed by atoms with Gasteiger partial charge in [-0.2, -0.15) is 17.0 Å². The number of aryl methyl sites for hydroxylation is 1. The zero-order valence-electron chi connectivity index (χ0n) is 12.4. The van der Waals surface area contributed by atoms with Gasteiger partial charge in [0.15, 0.2) is 0 Å². The first kappa shape index (κ1) is 17.0. The summed E-state index contributed by atoms with van der Waals surface area (Å²) < 4.78 is 27.6. The number of nitrogens with zero attached hydrogens (tertiary/aromatic N) is 3. The Hall–Kier alpha value is -1.02. The van der Waals surface area contributed by atoms with Crippen molar-refractivity contribution in [1.29, 1.82) is 0 Å². The van der Waals surface area contributed by atoms with Gasteiger partial charge in [0.25, 0.3) is 10.2 Å². The lowest BCUT2D eigenvalue weighted by Crippen LogP contribution is -2.42. The second-order valence-electron chi connectivity index (χ2n) is 4.67. The Morgan fingerprint density at radius 2 is 2.05 bits per heavy atom. The van der Waals surface area contributed by atoms with Crippen LogP contribution in [0.15, 0.2) is 18.2 Å². The molecule has 20 heavy (non-hydrogen) atoms. The molecule has 6 nitrogen and oxygen atoms in total. The van der Waals surface area contributed by atoms with E-state index in [0.717, 1.165) is 11.4 Å². The van der Waals surface area contributed by atoms with E-state index in [4.69, 9.17) is 5.73 Å². The molecule has 0 amide bonds. The largest absolute Gasteiger partial charge is 0.330 e. The fourth-order valence-electron chi connectivity index (χ4n) is 1.85. The van der Waals surface area contributed by atoms with Crippen molar-refractivity contribution < 1.29 is 8.42 Å². The summed E-state index contributed by atoms with van der Waals surface area (Å²) in [5.41, 5.74) is 7.06. The van der Waals surface area contributed by atoms with E-state index in [1.54, 1.807) is 7.05 Å². The first-order valence-corrected chi connectivity index (χ1v) is 8.15. The fraction of sp³-hybridized carbons (Fsp3) is 0.615. The molecule has 0 bridgehead atoms. The van der Waals surface area contributed by atoms with Crippen LogP contribution in [0.25, 0.3) is 0 Å². The van der Waals surface area contributed by atoms with Gasteiger partial charge < -0.3 is 5.73 Å². The van der Waals surface area contributed by atoms with E-state index >= 15 is 0 Å². The van der Waals surface area contributed by atoms with Crippen LogP contribution in [0, 0.1) is 6.92 Å². The Bertz CT molecular complexity index is 519. The van der Waals surface area contributed by atoms with Crippen molar-refractivity contribution >= 4 is 10.2 Å². The summed E-state index contributed by atoms with van der Waals surface area (Å²) in [5, 5.41) is 0. The molecule has 7 heteroatoms. The first-order valence-electron chi connectivity index (χ1n) is 6.75. The Morgan fingerprint density at radius 1 is 1.35 bits per heavy atom. The van der Waals surface area contributed by atoms with Crippen LogP contribution in [0.5, 0.6) is 0 Å². The Labute approximate surface area is 121 Å². The highest BCUT2D eigenvalue weighted by Gasteiger charge is 2.25. The molecule has 0 saturated carbocycles. The summed E-state index contributed by atoms with van der Waals surface area (Å²) in [7, 11) is -1.88. The lowest BCUT2D eigenvalue weighted by atomic mass is 10.3. The Kier molecular flexibility index (Phi) is 6.54. The molecule has 0 aliphatic rings. The average molecular weight is 300 g/mol. The van der Waals surface area contributed by atoms with Crippen LogP contribution >= 0.6 is 0 Å². The van der Waals surface area contributed by atoms with Crippen LogP contribution in [0.2, 0.25) is 0 Å². The molecule has 0 aliphatic heterocycles. The van der Waals surface area contributed by atoms with Gasteiger partial charge in [-0.1, -0.05) is 13.0 Å². The standard InChI is InChI=1S/C13H24N4O2S/c1-4-17(11-13-8-5-7-12(2)15-13)20(18,19)16(3)10-6-9-14/h5,7-8H,4,6,9-11,14H2,1-3H3. The zero-order chi connectivity index (χ0) is 15.2. The molecule has 114 valence electrons. The van der Waals surface area contributed by atoms with Crippen LogP contribution in [-0.4, -0.2) is 48.7 Å². The number of nitrogens with two attached hydrogens (primary N) is 1. The van der Waals surface area contributed by atoms with Crippen LogP contribution in [0.1, 0.15) is 24.7 Å². The summed E-state index contributed by atoms with van der Waals surface area (Å²) >= 11 is 0. The minimum atomic E-state index is -3.46. The molecular weight excluding hydrogens is 276 g/mol. The minimum absolute atomic E-state index is 0.285. The first-order chi connectivity index (χ1) is 9.41. The van der Waals surface area contributed by atoms with Crippen LogP contribution in [0.4, 0.5) is 0 Å². The zero-order valence-corrected chi connectivity index (χ0v) is 13.2. The molecule has 0 atom stereocenters. The monoisotopic (exact) mass is 300 g/mol. The molecule has 0 aromatic carbocycles. The van der Waals surface area contributed by atoms with E-state index < -0.39 is 10.2 Å². The van der Waals surface area contributed by atoms with E-state index in [1.807, 2.05) is 32.0 Å². The normalized spacial score (nSPS) is 12.3. The molecule has 1 rings (SSSR count). The van der Waals surface area contributed by atoms with Gasteiger partial charge in [-0.25, -0.2) is 0 Å². The fourth-order valence-corrected chi connectivity index (χ4v) is 3.23. The molecule has 0 spiro atoms. The van der Waals surface area contributed by atoms with E-state index in [9.17, 15) is 8.42 Å². The number of rotatable bonds is 8. The highest BCUT2D eigenvalue weighted by atomic mass is 32.2. The van der Waals surface area contributed by atoms with Crippen LogP contribution < -0.4 is 5.73 Å². The second-order valence-corrected chi connectivity index (χ2v) is 6.70. The van der Waals surface area contributed by atoms with Gasteiger partial charge in [0.05, 0.1) is 12.2 Å². The third kappa shape index (κ3) is 4.52. The maximum Gasteiger partial charge on any atom is 0.282 e. The number of hydrogen-bond donors (Lipinski definition) is 1. The number of pyridine rings is 1. The maximum absolute atomic E-state index is 12.4. The summed E-state index contributed by atoms with van der Waals surface area (Å²) in [6.07, 6.45) is 0.649. The average Bonchev–Trinajstić information content (AvgIpc) is 2.41. The van der Waals surface area contributed by atoms with E-state index in [1.165, 1.54) is 8.61 Å². The van der Waals surface area contributed by atoms with Gasteiger partial charge >= 0.3 is 0 Å². The van der Waals surface area contributed by atoms with Crippen LogP contribution in [-0.2, 0) is 16.8 Å². The molecule has 0 unspecified atom stereocenters. The van der Waals surface area contributed by atoms with Gasteiger partial charge in [-0.15, -0.1) is 0 Å². The van der Waals surface area contributed by atoms with Crippen molar-refractivity contribution in [3.8, 4) is 0 Å². The smallest absolute Gasteiger partial charge is 0.282 e. The predicted octanol–water partition coefficient (Wildman–Crippen LogP) is 0.737. The molecule has 0 aliphatic carbocycles. The topological polar surface area (TPSA) is 79.5 Å². The lowest BCUT2D eigenvalue weighted by molar-refractivity contribution is 0.360. The van der Waals surface area contributed by atoms with Crippen molar-refractivity contribution in [1.82, 2.24) is 13.6 Å². The lowest BCUT2D eigenvalue weighted by Gasteiger charge is -2.26. The SMILES string of the molecule is CCN(Cc1cccc(C)n1)S(=O)(=O)N(C)CCCN. The maximum atomic E-state index is 12.4. The van der Waals surface area contributed by atoms with Gasteiger partial charge in [0.2, 0.25) is 0 Å².